The summed E-state index contributed by atoms with van der Waals surface area (Å²) in [6.07, 6.45) is 7.19. The van der Waals surface area contributed by atoms with Gasteiger partial charge < -0.3 is 15.0 Å². The van der Waals surface area contributed by atoms with E-state index in [2.05, 4.69) is 28.5 Å². The molecule has 1 aliphatic rings. The van der Waals surface area contributed by atoms with Gasteiger partial charge in [-0.05, 0) is 47.4 Å². The third-order valence-electron chi connectivity index (χ3n) is 4.51. The van der Waals surface area contributed by atoms with E-state index in [1.807, 2.05) is 36.5 Å². The molecule has 0 unspecified atom stereocenters. The topological polar surface area (TPSA) is 54.1 Å². The average Bonchev–Trinajstić information content (AvgIpc) is 3.26. The summed E-state index contributed by atoms with van der Waals surface area (Å²) in [4.78, 5) is 15.3. The van der Waals surface area contributed by atoms with Crippen molar-refractivity contribution in [3.05, 3.63) is 71.4 Å². The monoisotopic (exact) mass is 332 g/mol. The molecule has 2 heterocycles. The van der Waals surface area contributed by atoms with Crippen LogP contribution in [-0.2, 0) is 17.6 Å². The van der Waals surface area contributed by atoms with Crippen molar-refractivity contribution in [2.24, 2.45) is 0 Å². The molecule has 0 spiro atoms. The van der Waals surface area contributed by atoms with Crippen LogP contribution in [0.3, 0.4) is 0 Å². The number of fused-ring (bicyclic) bond motifs is 2. The largest absolute Gasteiger partial charge is 0.493 e. The van der Waals surface area contributed by atoms with Crippen molar-refractivity contribution in [2.75, 3.05) is 13.2 Å². The molecule has 25 heavy (non-hydrogen) atoms. The number of para-hydroxylation sites is 1. The van der Waals surface area contributed by atoms with Gasteiger partial charge in [0.05, 0.1) is 6.61 Å². The normalized spacial score (nSPS) is 13.1. The van der Waals surface area contributed by atoms with Gasteiger partial charge >= 0.3 is 0 Å². The van der Waals surface area contributed by atoms with Crippen molar-refractivity contribution in [3.8, 4) is 5.75 Å². The molecule has 0 saturated heterocycles. The van der Waals surface area contributed by atoms with E-state index < -0.39 is 0 Å². The van der Waals surface area contributed by atoms with Gasteiger partial charge in [0, 0.05) is 36.1 Å². The minimum absolute atomic E-state index is 0.0726. The first kappa shape index (κ1) is 15.5. The number of carbonyl (C=O) groups excluding carboxylic acids is 1. The number of aromatic nitrogens is 1. The van der Waals surface area contributed by atoms with E-state index in [0.29, 0.717) is 6.54 Å². The van der Waals surface area contributed by atoms with Gasteiger partial charge in [-0.25, -0.2) is 0 Å². The fraction of sp³-hybridized carbons (Fsp3) is 0.190. The molecule has 2 N–H and O–H groups in total. The molecule has 0 radical (unpaired) electrons. The Labute approximate surface area is 146 Å². The van der Waals surface area contributed by atoms with Crippen LogP contribution in [0.25, 0.3) is 17.0 Å². The van der Waals surface area contributed by atoms with Crippen LogP contribution in [0.1, 0.15) is 16.7 Å². The standard InChI is InChI=1S/C21H20N2O2/c24-21(8-6-15-5-7-20-16(13-15)10-12-25-20)22-11-9-17-14-23-19-4-2-1-3-18(17)19/h1-8,13-14,23H,9-12H2,(H,22,24)/b8-6+. The van der Waals surface area contributed by atoms with Crippen LogP contribution in [-0.4, -0.2) is 24.0 Å². The molecule has 4 rings (SSSR count). The third kappa shape index (κ3) is 3.43. The van der Waals surface area contributed by atoms with E-state index >= 15 is 0 Å². The Morgan fingerprint density at radius 3 is 3.12 bits per heavy atom. The second-order valence-corrected chi connectivity index (χ2v) is 6.20. The number of aromatic amines is 1. The van der Waals surface area contributed by atoms with Gasteiger partial charge in [-0.15, -0.1) is 0 Å². The molecule has 4 heteroatoms. The van der Waals surface area contributed by atoms with Gasteiger partial charge in [-0.1, -0.05) is 24.3 Å². The maximum atomic E-state index is 12.0. The molecule has 1 aliphatic heterocycles. The highest BCUT2D eigenvalue weighted by molar-refractivity contribution is 5.91. The molecular formula is C21H20N2O2. The zero-order chi connectivity index (χ0) is 17.1. The predicted molar refractivity (Wildman–Crippen MR) is 99.7 cm³/mol. The average molecular weight is 332 g/mol. The van der Waals surface area contributed by atoms with E-state index in [0.717, 1.165) is 36.3 Å². The maximum absolute atomic E-state index is 12.0. The predicted octanol–water partition coefficient (Wildman–Crippen LogP) is 3.47. The molecule has 2 aromatic carbocycles. The smallest absolute Gasteiger partial charge is 0.244 e. The van der Waals surface area contributed by atoms with Crippen LogP contribution in [0.2, 0.25) is 0 Å². The van der Waals surface area contributed by atoms with E-state index in [1.165, 1.54) is 16.5 Å². The highest BCUT2D eigenvalue weighted by Crippen LogP contribution is 2.26. The number of benzene rings is 2. The van der Waals surface area contributed by atoms with E-state index in [1.54, 1.807) is 6.08 Å². The van der Waals surface area contributed by atoms with Crippen molar-refractivity contribution in [1.82, 2.24) is 10.3 Å². The van der Waals surface area contributed by atoms with Crippen LogP contribution >= 0.6 is 0 Å². The first-order valence-electron chi connectivity index (χ1n) is 8.56. The van der Waals surface area contributed by atoms with Gasteiger partial charge in [0.1, 0.15) is 5.75 Å². The molecular weight excluding hydrogens is 312 g/mol. The first-order chi connectivity index (χ1) is 12.3. The fourth-order valence-electron chi connectivity index (χ4n) is 3.20. The van der Waals surface area contributed by atoms with Crippen LogP contribution in [0.5, 0.6) is 5.75 Å². The summed E-state index contributed by atoms with van der Waals surface area (Å²) >= 11 is 0. The van der Waals surface area contributed by atoms with Gasteiger partial charge in [-0.2, -0.15) is 0 Å². The third-order valence-corrected chi connectivity index (χ3v) is 4.51. The van der Waals surface area contributed by atoms with E-state index in [-0.39, 0.29) is 5.91 Å². The number of rotatable bonds is 5. The summed E-state index contributed by atoms with van der Waals surface area (Å²) in [6.45, 7) is 1.36. The van der Waals surface area contributed by atoms with Crippen LogP contribution in [0.4, 0.5) is 0 Å². The van der Waals surface area contributed by atoms with Crippen LogP contribution in [0.15, 0.2) is 54.7 Å². The minimum Gasteiger partial charge on any atom is -0.493 e. The Balaban J connectivity index is 1.32. The van der Waals surface area contributed by atoms with Crippen molar-refractivity contribution in [1.29, 1.82) is 0 Å². The number of carbonyl (C=O) groups is 1. The van der Waals surface area contributed by atoms with Gasteiger partial charge in [0.15, 0.2) is 0 Å². The molecule has 4 nitrogen and oxygen atoms in total. The highest BCUT2D eigenvalue weighted by atomic mass is 16.5. The summed E-state index contributed by atoms with van der Waals surface area (Å²) in [5.74, 6) is 0.886. The number of ether oxygens (including phenoxy) is 1. The zero-order valence-corrected chi connectivity index (χ0v) is 13.9. The molecule has 0 bridgehead atoms. The molecule has 3 aromatic rings. The number of hydrogen-bond acceptors (Lipinski definition) is 2. The van der Waals surface area contributed by atoms with Crippen molar-refractivity contribution in [2.45, 2.75) is 12.8 Å². The quantitative estimate of drug-likeness (QED) is 0.703. The van der Waals surface area contributed by atoms with Crippen molar-refractivity contribution in [3.63, 3.8) is 0 Å². The lowest BCUT2D eigenvalue weighted by molar-refractivity contribution is -0.116. The number of hydrogen-bond donors (Lipinski definition) is 2. The lowest BCUT2D eigenvalue weighted by Gasteiger charge is -2.02. The molecule has 126 valence electrons. The highest BCUT2D eigenvalue weighted by Gasteiger charge is 2.11. The number of amides is 1. The Kier molecular flexibility index (Phi) is 4.25. The fourth-order valence-corrected chi connectivity index (χ4v) is 3.20. The number of nitrogens with one attached hydrogen (secondary N) is 2. The lowest BCUT2D eigenvalue weighted by Crippen LogP contribution is -2.23. The van der Waals surface area contributed by atoms with E-state index in [4.69, 9.17) is 4.74 Å². The first-order valence-corrected chi connectivity index (χ1v) is 8.56. The minimum atomic E-state index is -0.0726. The van der Waals surface area contributed by atoms with Crippen molar-refractivity contribution < 1.29 is 9.53 Å². The summed E-state index contributed by atoms with van der Waals surface area (Å²) < 4.78 is 5.49. The van der Waals surface area contributed by atoms with Crippen molar-refractivity contribution >= 4 is 22.9 Å². The SMILES string of the molecule is O=C(/C=C/c1ccc2c(c1)CCO2)NCCc1c[nH]c2ccccc12. The summed E-state index contributed by atoms with van der Waals surface area (Å²) in [7, 11) is 0. The Morgan fingerprint density at radius 1 is 1.24 bits per heavy atom. The van der Waals surface area contributed by atoms with Crippen LogP contribution < -0.4 is 10.1 Å². The molecule has 0 saturated carbocycles. The Bertz CT molecular complexity index is 940. The van der Waals surface area contributed by atoms with Crippen LogP contribution in [0, 0.1) is 0 Å². The van der Waals surface area contributed by atoms with Gasteiger partial charge in [0.25, 0.3) is 0 Å². The molecule has 0 aliphatic carbocycles. The number of H-pyrrole nitrogens is 1. The molecule has 1 amide bonds. The molecule has 0 atom stereocenters. The Hall–Kier alpha value is -3.01. The van der Waals surface area contributed by atoms with Gasteiger partial charge in [0.2, 0.25) is 5.91 Å². The van der Waals surface area contributed by atoms with Gasteiger partial charge in [-0.3, -0.25) is 4.79 Å². The summed E-state index contributed by atoms with van der Waals surface area (Å²) in [5.41, 5.74) is 4.58. The van der Waals surface area contributed by atoms with E-state index in [9.17, 15) is 4.79 Å². The molecule has 0 fully saturated rings. The summed E-state index contributed by atoms with van der Waals surface area (Å²) in [6, 6.07) is 14.2. The zero-order valence-electron chi connectivity index (χ0n) is 13.9. The second-order valence-electron chi connectivity index (χ2n) is 6.20. The lowest BCUT2D eigenvalue weighted by atomic mass is 10.1. The Morgan fingerprint density at radius 2 is 2.16 bits per heavy atom. The summed E-state index contributed by atoms with van der Waals surface area (Å²) in [5, 5.41) is 4.16. The molecule has 1 aromatic heterocycles. The maximum Gasteiger partial charge on any atom is 0.244 e. The second kappa shape index (κ2) is 6.85.